The average molecular weight is 193 g/mol. The minimum absolute atomic E-state index is 0.0694. The van der Waals surface area contributed by atoms with Crippen LogP contribution in [-0.2, 0) is 0 Å². The van der Waals surface area contributed by atoms with Crippen LogP contribution in [0, 0.1) is 5.92 Å². The Labute approximate surface area is 83.7 Å². The highest BCUT2D eigenvalue weighted by Crippen LogP contribution is 2.27. The van der Waals surface area contributed by atoms with Gasteiger partial charge in [0.05, 0.1) is 6.04 Å². The number of nitrogens with zero attached hydrogens (tertiary/aromatic N) is 1. The predicted molar refractivity (Wildman–Crippen MR) is 54.1 cm³/mol. The predicted octanol–water partition coefficient (Wildman–Crippen LogP) is 2.26. The van der Waals surface area contributed by atoms with E-state index in [0.29, 0.717) is 12.5 Å². The fourth-order valence-corrected chi connectivity index (χ4v) is 2.24. The molecule has 1 N–H and O–H groups in total. The molecule has 0 bridgehead atoms. The largest absolute Gasteiger partial charge is 0.465 e. The molecule has 0 saturated heterocycles. The Kier molecular flexibility index (Phi) is 2.57. The molecule has 1 heterocycles. The van der Waals surface area contributed by atoms with Crippen molar-refractivity contribution < 1.29 is 9.90 Å². The molecule has 0 radical (unpaired) electrons. The van der Waals surface area contributed by atoms with Crippen LogP contribution < -0.4 is 0 Å². The lowest BCUT2D eigenvalue weighted by molar-refractivity contribution is 0.122. The maximum Gasteiger partial charge on any atom is 0.407 e. The molecule has 0 aromatic heterocycles. The highest BCUT2D eigenvalue weighted by atomic mass is 16.4. The fraction of sp³-hybridized carbons (Fsp3) is 0.545. The molecule has 3 heteroatoms. The minimum atomic E-state index is -0.792. The van der Waals surface area contributed by atoms with Crippen LogP contribution in [0.25, 0.3) is 0 Å². The second-order valence-electron chi connectivity index (χ2n) is 3.85. The fourth-order valence-electron chi connectivity index (χ4n) is 2.24. The molecule has 0 saturated carbocycles. The van der Waals surface area contributed by atoms with E-state index in [4.69, 9.17) is 5.11 Å². The van der Waals surface area contributed by atoms with Crippen molar-refractivity contribution in [1.82, 2.24) is 4.90 Å². The maximum atomic E-state index is 11.0. The molecule has 2 aliphatic rings. The molecule has 0 spiro atoms. The van der Waals surface area contributed by atoms with Gasteiger partial charge in [0.25, 0.3) is 0 Å². The summed E-state index contributed by atoms with van der Waals surface area (Å²) < 4.78 is 0. The molecule has 1 amide bonds. The first-order chi connectivity index (χ1) is 6.79. The van der Waals surface area contributed by atoms with Crippen LogP contribution in [0.4, 0.5) is 4.79 Å². The Morgan fingerprint density at radius 2 is 2.07 bits per heavy atom. The van der Waals surface area contributed by atoms with E-state index in [1.807, 2.05) is 6.08 Å². The minimum Gasteiger partial charge on any atom is -0.465 e. The van der Waals surface area contributed by atoms with Gasteiger partial charge < -0.3 is 10.0 Å². The first-order valence-electron chi connectivity index (χ1n) is 5.12. The summed E-state index contributed by atoms with van der Waals surface area (Å²) in [6.45, 7) is 0.640. The van der Waals surface area contributed by atoms with Crippen LogP contribution in [0.3, 0.4) is 0 Å². The second kappa shape index (κ2) is 3.86. The van der Waals surface area contributed by atoms with Gasteiger partial charge in [0.2, 0.25) is 0 Å². The quantitative estimate of drug-likeness (QED) is 0.649. The standard InChI is InChI=1S/C11H15NO2/c13-11(14)12-8-4-3-7-10(12)9-5-1-2-6-9/h1,3,5,7,9-10H,2,4,6,8H2,(H,13,14). The number of carboxylic acid groups (broad SMARTS) is 1. The number of rotatable bonds is 1. The van der Waals surface area contributed by atoms with Gasteiger partial charge >= 0.3 is 6.09 Å². The van der Waals surface area contributed by atoms with Crippen LogP contribution >= 0.6 is 0 Å². The lowest BCUT2D eigenvalue weighted by Gasteiger charge is -2.33. The number of allylic oxidation sites excluding steroid dienone is 1. The van der Waals surface area contributed by atoms with Gasteiger partial charge in [-0.05, 0) is 19.3 Å². The van der Waals surface area contributed by atoms with Gasteiger partial charge in [-0.15, -0.1) is 0 Å². The molecule has 0 aromatic carbocycles. The van der Waals surface area contributed by atoms with E-state index in [2.05, 4.69) is 18.2 Å². The van der Waals surface area contributed by atoms with E-state index in [-0.39, 0.29) is 6.04 Å². The van der Waals surface area contributed by atoms with Crippen LogP contribution in [0.2, 0.25) is 0 Å². The van der Waals surface area contributed by atoms with Crippen molar-refractivity contribution in [3.8, 4) is 0 Å². The molecule has 0 fully saturated rings. The van der Waals surface area contributed by atoms with E-state index in [1.54, 1.807) is 4.90 Å². The third-order valence-corrected chi connectivity index (χ3v) is 2.96. The normalized spacial score (nSPS) is 31.0. The third-order valence-electron chi connectivity index (χ3n) is 2.96. The SMILES string of the molecule is O=C(O)N1CCC=CC1C1C=CCC1. The van der Waals surface area contributed by atoms with E-state index in [9.17, 15) is 4.79 Å². The first-order valence-corrected chi connectivity index (χ1v) is 5.12. The summed E-state index contributed by atoms with van der Waals surface area (Å²) in [5.41, 5.74) is 0. The van der Waals surface area contributed by atoms with Crippen LogP contribution in [0.5, 0.6) is 0 Å². The van der Waals surface area contributed by atoms with Gasteiger partial charge in [-0.2, -0.15) is 0 Å². The number of hydrogen-bond donors (Lipinski definition) is 1. The van der Waals surface area contributed by atoms with Crippen molar-refractivity contribution in [3.63, 3.8) is 0 Å². The Morgan fingerprint density at radius 3 is 2.71 bits per heavy atom. The second-order valence-corrected chi connectivity index (χ2v) is 3.85. The molecule has 3 nitrogen and oxygen atoms in total. The third kappa shape index (κ3) is 1.67. The summed E-state index contributed by atoms with van der Waals surface area (Å²) in [5, 5.41) is 9.04. The molecular formula is C11H15NO2. The average Bonchev–Trinajstić information content (AvgIpc) is 2.70. The molecule has 0 aromatic rings. The van der Waals surface area contributed by atoms with E-state index >= 15 is 0 Å². The van der Waals surface area contributed by atoms with Crippen molar-refractivity contribution in [3.05, 3.63) is 24.3 Å². The zero-order valence-corrected chi connectivity index (χ0v) is 8.10. The highest BCUT2D eigenvalue weighted by Gasteiger charge is 2.29. The molecule has 1 aliphatic carbocycles. The highest BCUT2D eigenvalue weighted by molar-refractivity contribution is 5.66. The monoisotopic (exact) mass is 193 g/mol. The summed E-state index contributed by atoms with van der Waals surface area (Å²) in [7, 11) is 0. The van der Waals surface area contributed by atoms with Gasteiger partial charge in [-0.25, -0.2) is 4.79 Å². The van der Waals surface area contributed by atoms with E-state index in [1.165, 1.54) is 0 Å². The van der Waals surface area contributed by atoms with Crippen molar-refractivity contribution in [2.45, 2.75) is 25.3 Å². The van der Waals surface area contributed by atoms with E-state index in [0.717, 1.165) is 19.3 Å². The molecule has 76 valence electrons. The van der Waals surface area contributed by atoms with Gasteiger partial charge in [-0.3, -0.25) is 0 Å². The molecule has 2 rings (SSSR count). The van der Waals surface area contributed by atoms with Gasteiger partial charge in [0, 0.05) is 12.5 Å². The molecule has 2 unspecified atom stereocenters. The zero-order valence-electron chi connectivity index (χ0n) is 8.10. The van der Waals surface area contributed by atoms with E-state index < -0.39 is 6.09 Å². The van der Waals surface area contributed by atoms with Crippen molar-refractivity contribution in [2.24, 2.45) is 5.92 Å². The summed E-state index contributed by atoms with van der Waals surface area (Å²) in [5.74, 6) is 0.391. The van der Waals surface area contributed by atoms with Gasteiger partial charge in [0.15, 0.2) is 0 Å². The first kappa shape index (κ1) is 9.31. The molecule has 1 aliphatic heterocycles. The van der Waals surface area contributed by atoms with Gasteiger partial charge in [0.1, 0.15) is 0 Å². The Bertz CT molecular complexity index is 283. The lowest BCUT2D eigenvalue weighted by Crippen LogP contribution is -2.44. The van der Waals surface area contributed by atoms with Crippen LogP contribution in [0.15, 0.2) is 24.3 Å². The van der Waals surface area contributed by atoms with Crippen molar-refractivity contribution >= 4 is 6.09 Å². The summed E-state index contributed by atoms with van der Waals surface area (Å²) in [6, 6.07) is 0.0694. The molecule has 2 atom stereocenters. The Balaban J connectivity index is 2.12. The Morgan fingerprint density at radius 1 is 1.29 bits per heavy atom. The van der Waals surface area contributed by atoms with Crippen LogP contribution in [0.1, 0.15) is 19.3 Å². The molecular weight excluding hydrogens is 178 g/mol. The maximum absolute atomic E-state index is 11.0. The van der Waals surface area contributed by atoms with Crippen molar-refractivity contribution in [2.75, 3.05) is 6.54 Å². The topological polar surface area (TPSA) is 40.5 Å². The summed E-state index contributed by atoms with van der Waals surface area (Å²) in [4.78, 5) is 12.5. The number of carbonyl (C=O) groups is 1. The smallest absolute Gasteiger partial charge is 0.407 e. The van der Waals surface area contributed by atoms with Crippen molar-refractivity contribution in [1.29, 1.82) is 0 Å². The van der Waals surface area contributed by atoms with Crippen LogP contribution in [-0.4, -0.2) is 28.7 Å². The molecule has 14 heavy (non-hydrogen) atoms. The zero-order chi connectivity index (χ0) is 9.97. The number of amides is 1. The summed E-state index contributed by atoms with van der Waals surface area (Å²) >= 11 is 0. The number of hydrogen-bond acceptors (Lipinski definition) is 1. The summed E-state index contributed by atoms with van der Waals surface area (Å²) in [6.07, 6.45) is 10.7. The lowest BCUT2D eigenvalue weighted by atomic mass is 9.95. The van der Waals surface area contributed by atoms with Gasteiger partial charge in [-0.1, -0.05) is 24.3 Å². The Hall–Kier alpha value is -1.25.